The smallest absolute Gasteiger partial charge is 0.252 e. The van der Waals surface area contributed by atoms with E-state index in [1.807, 2.05) is 72.8 Å². The predicted octanol–water partition coefficient (Wildman–Crippen LogP) is 25.2. The first-order chi connectivity index (χ1) is 65.4. The lowest BCUT2D eigenvalue weighted by Gasteiger charge is -2.47. The Morgan fingerprint density at radius 3 is 0.667 bits per heavy atom. The summed E-state index contributed by atoms with van der Waals surface area (Å²) in [6.45, 7) is 2.28. The lowest BCUT2D eigenvalue weighted by Crippen LogP contribution is -2.61. The number of ether oxygens (including phenoxy) is 7. The molecular formula is C115H68B3N7O7. The van der Waals surface area contributed by atoms with Crippen LogP contribution in [0.4, 0.5) is 119 Å². The minimum Gasteiger partial charge on any atom is -0.453 e. The number of aryl methyl sites for hydroxylation is 1. The van der Waals surface area contributed by atoms with Gasteiger partial charge in [-0.1, -0.05) is 212 Å². The van der Waals surface area contributed by atoms with Crippen LogP contribution in [0.5, 0.6) is 80.5 Å². The van der Waals surface area contributed by atoms with Gasteiger partial charge in [0.15, 0.2) is 80.5 Å². The Labute approximate surface area is 760 Å². The van der Waals surface area contributed by atoms with E-state index in [-0.39, 0.29) is 20.1 Å². The summed E-state index contributed by atoms with van der Waals surface area (Å²) in [5.74, 6) is 12.1. The summed E-state index contributed by atoms with van der Waals surface area (Å²) in [7, 11) is 0. The van der Waals surface area contributed by atoms with Gasteiger partial charge in [-0.3, -0.25) is 0 Å². The molecule has 13 heterocycles. The van der Waals surface area contributed by atoms with Gasteiger partial charge in [0.2, 0.25) is 0 Å². The third-order valence-electron chi connectivity index (χ3n) is 28.3. The van der Waals surface area contributed by atoms with Crippen LogP contribution < -0.4 is 117 Å². The van der Waals surface area contributed by atoms with Crippen molar-refractivity contribution in [1.29, 1.82) is 0 Å². The highest BCUT2D eigenvalue weighted by molar-refractivity contribution is 7.02. The monoisotopic (exact) mass is 1690 g/mol. The molecular weight excluding hydrogens is 1620 g/mol. The Hall–Kier alpha value is -17.4. The molecule has 0 aromatic heterocycles. The van der Waals surface area contributed by atoms with Gasteiger partial charge in [-0.05, 0) is 266 Å². The SMILES string of the molecule is Cc1ccccc1-c1cc2c3c(c1)N1c4ccccc4Oc4cccc(c41)B3c1cccc3c1N2c1ccccc1O3.c1ccc2c(c1)Oc1cccc3c1N2c1cccc2c1B3c1cccc3c1N2c1ccccc1O3.c1ccc2c(c1)Oc1ccccc1N2c1ccc(-c2cc3c4c(c2)N2c5ccccc5Oc5cccc(c52)B4c2cccc4c2N3c2ccccc2O4)cc1. The second-order valence-corrected chi connectivity index (χ2v) is 35.2. The number of hydrogen-bond donors (Lipinski definition) is 0. The molecule has 0 amide bonds. The van der Waals surface area contributed by atoms with E-state index < -0.39 is 0 Å². The van der Waals surface area contributed by atoms with Crippen LogP contribution in [0.2, 0.25) is 0 Å². The molecule has 32 rings (SSSR count). The number of rotatable bonds is 3. The van der Waals surface area contributed by atoms with Crippen molar-refractivity contribution in [2.45, 2.75) is 6.92 Å². The Kier molecular flexibility index (Phi) is 14.6. The first-order valence-electron chi connectivity index (χ1n) is 44.9. The molecule has 0 saturated heterocycles. The van der Waals surface area contributed by atoms with Crippen LogP contribution in [0.3, 0.4) is 0 Å². The van der Waals surface area contributed by atoms with E-state index in [9.17, 15) is 0 Å². The molecule has 0 fully saturated rings. The fourth-order valence-electron chi connectivity index (χ4n) is 23.1. The summed E-state index contributed by atoms with van der Waals surface area (Å²) in [4.78, 5) is 16.8. The van der Waals surface area contributed by atoms with Crippen LogP contribution >= 0.6 is 0 Å². The van der Waals surface area contributed by atoms with E-state index in [1.165, 1.54) is 88.6 Å². The van der Waals surface area contributed by atoms with Gasteiger partial charge in [0.25, 0.3) is 20.1 Å². The number of para-hydroxylation sites is 22. The molecule has 132 heavy (non-hydrogen) atoms. The third-order valence-corrected chi connectivity index (χ3v) is 28.3. The molecule has 13 aliphatic heterocycles. The van der Waals surface area contributed by atoms with Crippen molar-refractivity contribution >= 4 is 189 Å². The number of benzene rings is 19. The van der Waals surface area contributed by atoms with E-state index in [4.69, 9.17) is 33.2 Å². The van der Waals surface area contributed by atoms with Crippen molar-refractivity contribution in [3.05, 3.63) is 400 Å². The van der Waals surface area contributed by atoms with Gasteiger partial charge in [-0.2, -0.15) is 0 Å². The normalized spacial score (nSPS) is 14.2. The van der Waals surface area contributed by atoms with Crippen molar-refractivity contribution in [1.82, 2.24) is 0 Å². The maximum absolute atomic E-state index is 6.64. The zero-order chi connectivity index (χ0) is 86.0. The fourth-order valence-corrected chi connectivity index (χ4v) is 23.1. The van der Waals surface area contributed by atoms with Crippen LogP contribution in [0.15, 0.2) is 394 Å². The maximum Gasteiger partial charge on any atom is 0.252 e. The highest BCUT2D eigenvalue weighted by Gasteiger charge is 2.53. The predicted molar refractivity (Wildman–Crippen MR) is 532 cm³/mol. The van der Waals surface area contributed by atoms with E-state index in [1.54, 1.807) is 0 Å². The van der Waals surface area contributed by atoms with E-state index >= 15 is 0 Å². The van der Waals surface area contributed by atoms with Gasteiger partial charge in [0.05, 0.1) is 79.6 Å². The van der Waals surface area contributed by atoms with Crippen molar-refractivity contribution in [3.63, 3.8) is 0 Å². The standard InChI is InChI=1S/C48H28BN3O3.C37H23BN2O2.C30H17BN2O2/c1-5-17-40-34(13-1)50(35-14-2-6-18-41(35)53-40)31-25-23-29(24-26-31)30-27-38-46-39(28-30)52-37-16-4-8-20-43(37)55-45-22-10-12-33(48(45)52)49(46)32-11-9-21-44-47(32)51(38)36-15-3-7-19-42(36)54-44;1-22-10-2-3-11-24(22)23-20-29-35-30(21-23)40-28-15-5-7-17-32(28)42-34-19-9-13-26(37(34)40)38(35)25-12-8-18-33-36(25)39(29)27-14-4-6-16-31(27)41-33;1-3-14-24-20(10-1)32-22-12-7-13-23-28(22)31(18-8-5-16-26(34-24)29(18)32)19-9-6-17-27-30(19)33(23)21-11-2-4-15-25(21)35-27/h1-28H;2-21H,1H3;1-17H. The van der Waals surface area contributed by atoms with Crippen LogP contribution in [0, 0.1) is 6.92 Å². The van der Waals surface area contributed by atoms with Crippen molar-refractivity contribution in [3.8, 4) is 103 Å². The molecule has 0 N–H and O–H groups in total. The minimum absolute atomic E-state index is 0.0250. The molecule has 0 saturated carbocycles. The minimum atomic E-state index is -0.0250. The first-order valence-corrected chi connectivity index (χ1v) is 44.9. The maximum atomic E-state index is 6.64. The number of hydrogen-bond acceptors (Lipinski definition) is 14. The summed E-state index contributed by atoms with van der Waals surface area (Å²) in [5.41, 5.74) is 40.4. The number of nitrogens with zero attached hydrogens (tertiary/aromatic N) is 7. The lowest BCUT2D eigenvalue weighted by atomic mass is 9.33. The van der Waals surface area contributed by atoms with Crippen LogP contribution in [-0.2, 0) is 0 Å². The molecule has 13 aliphatic rings. The first kappa shape index (κ1) is 71.7. The second kappa shape index (κ2) is 26.8. The molecule has 0 bridgehead atoms. The van der Waals surface area contributed by atoms with Crippen LogP contribution in [0.1, 0.15) is 5.56 Å². The molecule has 0 unspecified atom stereocenters. The Bertz CT molecular complexity index is 7950. The van der Waals surface area contributed by atoms with E-state index in [0.29, 0.717) is 0 Å². The van der Waals surface area contributed by atoms with Gasteiger partial charge < -0.3 is 67.5 Å². The summed E-state index contributed by atoms with van der Waals surface area (Å²) < 4.78 is 45.5. The van der Waals surface area contributed by atoms with Crippen molar-refractivity contribution < 1.29 is 33.2 Å². The molecule has 0 spiro atoms. The summed E-state index contributed by atoms with van der Waals surface area (Å²) in [6.07, 6.45) is 0. The second-order valence-electron chi connectivity index (χ2n) is 35.2. The zero-order valence-electron chi connectivity index (χ0n) is 70.7. The molecule has 0 aliphatic carbocycles. The fraction of sp³-hybridized carbons (Fsp3) is 0.00870. The molecule has 17 heteroatoms. The summed E-state index contributed by atoms with van der Waals surface area (Å²) in [6, 6.07) is 139. The molecule has 19 aromatic carbocycles. The third kappa shape index (κ3) is 9.83. The molecule has 0 radical (unpaired) electrons. The molecule has 0 atom stereocenters. The van der Waals surface area contributed by atoms with Crippen LogP contribution in [0.25, 0.3) is 22.3 Å². The Morgan fingerprint density at radius 2 is 0.379 bits per heavy atom. The van der Waals surface area contributed by atoms with Crippen LogP contribution in [-0.4, -0.2) is 20.1 Å². The Morgan fingerprint density at radius 1 is 0.167 bits per heavy atom. The van der Waals surface area contributed by atoms with Gasteiger partial charge >= 0.3 is 0 Å². The summed E-state index contributed by atoms with van der Waals surface area (Å²) >= 11 is 0. The van der Waals surface area contributed by atoms with Gasteiger partial charge in [0, 0.05) is 39.8 Å². The quantitative estimate of drug-likeness (QED) is 0.157. The Balaban J connectivity index is 0.0000000976. The molecule has 614 valence electrons. The van der Waals surface area contributed by atoms with Gasteiger partial charge in [0.1, 0.15) is 0 Å². The lowest BCUT2D eigenvalue weighted by molar-refractivity contribution is 0.476. The highest BCUT2D eigenvalue weighted by atomic mass is 16.5. The topological polar surface area (TPSA) is 87.3 Å². The summed E-state index contributed by atoms with van der Waals surface area (Å²) in [5, 5.41) is 0. The van der Waals surface area contributed by atoms with Gasteiger partial charge in [-0.25, -0.2) is 0 Å². The number of fused-ring (bicyclic) bond motifs is 26. The highest BCUT2D eigenvalue weighted by Crippen LogP contribution is 2.63. The van der Waals surface area contributed by atoms with Gasteiger partial charge in [-0.15, -0.1) is 0 Å². The molecule has 14 nitrogen and oxygen atoms in total. The zero-order valence-corrected chi connectivity index (χ0v) is 70.7. The molecule has 19 aromatic rings. The number of anilines is 21. The largest absolute Gasteiger partial charge is 0.453 e. The van der Waals surface area contributed by atoms with Crippen molar-refractivity contribution in [2.24, 2.45) is 0 Å². The van der Waals surface area contributed by atoms with Crippen molar-refractivity contribution in [2.75, 3.05) is 34.3 Å². The average molecular weight is 1690 g/mol. The van der Waals surface area contributed by atoms with E-state index in [2.05, 4.69) is 363 Å². The van der Waals surface area contributed by atoms with E-state index in [0.717, 1.165) is 188 Å². The average Bonchev–Trinajstić information content (AvgIpc) is 0.687.